The van der Waals surface area contributed by atoms with Crippen LogP contribution in [0.4, 0.5) is 0 Å². The number of aromatic nitrogens is 1. The summed E-state index contributed by atoms with van der Waals surface area (Å²) in [6, 6.07) is 14.3. The Kier molecular flexibility index (Phi) is 4.34. The molecule has 0 bridgehead atoms. The topological polar surface area (TPSA) is 93.8 Å². The highest BCUT2D eigenvalue weighted by atomic mass is 16.5. The van der Waals surface area contributed by atoms with E-state index in [0.29, 0.717) is 48.3 Å². The first-order valence-corrected chi connectivity index (χ1v) is 10.0. The number of benzene rings is 2. The summed E-state index contributed by atoms with van der Waals surface area (Å²) in [6.07, 6.45) is 1.22. The summed E-state index contributed by atoms with van der Waals surface area (Å²) in [4.78, 5) is 39.0. The molecule has 0 saturated carbocycles. The van der Waals surface area contributed by atoms with Crippen molar-refractivity contribution in [1.29, 1.82) is 0 Å². The summed E-state index contributed by atoms with van der Waals surface area (Å²) in [5.41, 5.74) is 0.949. The fourth-order valence-electron chi connectivity index (χ4n) is 4.19. The Bertz CT molecular complexity index is 1190. The molecule has 1 fully saturated rings. The first-order valence-electron chi connectivity index (χ1n) is 10.0. The third kappa shape index (κ3) is 3.14. The van der Waals surface area contributed by atoms with E-state index in [2.05, 4.69) is 5.32 Å². The normalized spacial score (nSPS) is 17.5. The molecule has 1 saturated heterocycles. The number of oxazole rings is 1. The van der Waals surface area contributed by atoms with Gasteiger partial charge < -0.3 is 19.4 Å². The third-order valence-corrected chi connectivity index (χ3v) is 5.83. The van der Waals surface area contributed by atoms with E-state index in [4.69, 9.17) is 9.15 Å². The van der Waals surface area contributed by atoms with Crippen molar-refractivity contribution in [3.05, 3.63) is 64.6 Å². The minimum absolute atomic E-state index is 0.0374. The molecule has 2 aromatic carbocycles. The lowest BCUT2D eigenvalue weighted by molar-refractivity contribution is -0.135. The van der Waals surface area contributed by atoms with Crippen LogP contribution in [0.3, 0.4) is 0 Å². The number of nitrogens with zero attached hydrogens (tertiary/aromatic N) is 2. The van der Waals surface area contributed by atoms with Crippen LogP contribution in [0.5, 0.6) is 5.75 Å². The van der Waals surface area contributed by atoms with Gasteiger partial charge in [0.2, 0.25) is 5.91 Å². The lowest BCUT2D eigenvalue weighted by Gasteiger charge is -2.44. The molecular formula is C22H21N3O5. The van der Waals surface area contributed by atoms with Crippen molar-refractivity contribution in [1.82, 2.24) is 14.8 Å². The molecular weight excluding hydrogens is 386 g/mol. The molecule has 2 aliphatic rings. The van der Waals surface area contributed by atoms with Crippen LogP contribution in [0.1, 0.15) is 29.6 Å². The first kappa shape index (κ1) is 18.5. The monoisotopic (exact) mass is 407 g/mol. The van der Waals surface area contributed by atoms with Gasteiger partial charge in [0.15, 0.2) is 11.3 Å². The van der Waals surface area contributed by atoms with Crippen molar-refractivity contribution in [2.24, 2.45) is 0 Å². The highest BCUT2D eigenvalue weighted by Crippen LogP contribution is 2.33. The number of piperidine rings is 1. The number of aryl methyl sites for hydroxylation is 1. The summed E-state index contributed by atoms with van der Waals surface area (Å²) < 4.78 is 12.8. The van der Waals surface area contributed by atoms with E-state index in [9.17, 15) is 14.4 Å². The fourth-order valence-corrected chi connectivity index (χ4v) is 4.19. The maximum absolute atomic E-state index is 12.7. The molecule has 1 aromatic heterocycles. The van der Waals surface area contributed by atoms with Gasteiger partial charge >= 0.3 is 5.76 Å². The van der Waals surface area contributed by atoms with Crippen LogP contribution in [-0.2, 0) is 11.3 Å². The Morgan fingerprint density at radius 2 is 1.77 bits per heavy atom. The van der Waals surface area contributed by atoms with Crippen LogP contribution < -0.4 is 15.8 Å². The number of fused-ring (bicyclic) bond motifs is 2. The lowest BCUT2D eigenvalue weighted by atomic mass is 9.96. The van der Waals surface area contributed by atoms with Gasteiger partial charge in [-0.3, -0.25) is 14.2 Å². The molecule has 8 nitrogen and oxygen atoms in total. The fraction of sp³-hybridized carbons (Fsp3) is 0.318. The van der Waals surface area contributed by atoms with Gasteiger partial charge in [0.25, 0.3) is 5.91 Å². The van der Waals surface area contributed by atoms with Gasteiger partial charge in [-0.05, 0) is 24.3 Å². The summed E-state index contributed by atoms with van der Waals surface area (Å²) in [5.74, 6) is -0.0711. The molecule has 0 radical (unpaired) electrons. The van der Waals surface area contributed by atoms with Gasteiger partial charge in [-0.1, -0.05) is 24.3 Å². The van der Waals surface area contributed by atoms with Crippen molar-refractivity contribution >= 4 is 22.9 Å². The number of ether oxygens (including phenoxy) is 1. The van der Waals surface area contributed by atoms with E-state index in [0.717, 1.165) is 0 Å². The van der Waals surface area contributed by atoms with Gasteiger partial charge in [-0.25, -0.2) is 4.79 Å². The number of hydrogen-bond acceptors (Lipinski definition) is 5. The highest BCUT2D eigenvalue weighted by Gasteiger charge is 2.43. The minimum atomic E-state index is -0.778. The molecule has 0 atom stereocenters. The van der Waals surface area contributed by atoms with E-state index >= 15 is 0 Å². The number of para-hydroxylation sites is 3. The molecule has 2 amide bonds. The number of likely N-dealkylation sites (tertiary alicyclic amines) is 1. The third-order valence-electron chi connectivity index (χ3n) is 5.83. The molecule has 1 spiro atoms. The van der Waals surface area contributed by atoms with Gasteiger partial charge in [-0.2, -0.15) is 0 Å². The molecule has 30 heavy (non-hydrogen) atoms. The van der Waals surface area contributed by atoms with Crippen molar-refractivity contribution in [3.8, 4) is 5.75 Å². The predicted molar refractivity (Wildman–Crippen MR) is 108 cm³/mol. The molecule has 1 N–H and O–H groups in total. The smallest absolute Gasteiger partial charge is 0.419 e. The van der Waals surface area contributed by atoms with Crippen LogP contribution in [0.2, 0.25) is 0 Å². The Morgan fingerprint density at radius 1 is 1.03 bits per heavy atom. The number of rotatable bonds is 3. The zero-order valence-electron chi connectivity index (χ0n) is 16.3. The maximum atomic E-state index is 12.7. The standard InChI is InChI=1S/C22H21N3O5/c26-19(9-12-25-16-6-2-4-8-18(16)29-21(25)28)24-13-10-22(11-14-24)23-20(27)15-5-1-3-7-17(15)30-22/h1-8H,9-14H2,(H,23,27). The molecule has 3 aromatic rings. The summed E-state index contributed by atoms with van der Waals surface area (Å²) >= 11 is 0. The molecule has 0 unspecified atom stereocenters. The zero-order valence-corrected chi connectivity index (χ0v) is 16.3. The zero-order chi connectivity index (χ0) is 20.7. The Hall–Kier alpha value is -3.55. The summed E-state index contributed by atoms with van der Waals surface area (Å²) in [5, 5.41) is 2.97. The van der Waals surface area contributed by atoms with Crippen LogP contribution in [0.15, 0.2) is 57.7 Å². The van der Waals surface area contributed by atoms with Gasteiger partial charge in [0, 0.05) is 38.9 Å². The van der Waals surface area contributed by atoms with E-state index < -0.39 is 11.5 Å². The minimum Gasteiger partial charge on any atom is -0.467 e. The van der Waals surface area contributed by atoms with Crippen LogP contribution in [0.25, 0.3) is 11.1 Å². The molecule has 5 rings (SSSR count). The quantitative estimate of drug-likeness (QED) is 0.718. The first-order chi connectivity index (χ1) is 14.5. The molecule has 0 aliphatic carbocycles. The average molecular weight is 407 g/mol. The number of carbonyl (C=O) groups is 2. The van der Waals surface area contributed by atoms with Crippen LogP contribution >= 0.6 is 0 Å². The van der Waals surface area contributed by atoms with Crippen LogP contribution in [0, 0.1) is 0 Å². The van der Waals surface area contributed by atoms with E-state index in [1.165, 1.54) is 4.57 Å². The Morgan fingerprint density at radius 3 is 2.60 bits per heavy atom. The molecule has 3 heterocycles. The lowest BCUT2D eigenvalue weighted by Crippen LogP contribution is -2.61. The molecule has 2 aliphatic heterocycles. The van der Waals surface area contributed by atoms with E-state index in [1.807, 2.05) is 12.1 Å². The molecule has 154 valence electrons. The number of amides is 2. The number of carbonyl (C=O) groups excluding carboxylic acids is 2. The van der Waals surface area contributed by atoms with Crippen molar-refractivity contribution in [2.75, 3.05) is 13.1 Å². The Labute approximate surface area is 172 Å². The SMILES string of the molecule is O=C1NC2(CCN(C(=O)CCn3c(=O)oc4ccccc43)CC2)Oc2ccccc21. The van der Waals surface area contributed by atoms with Crippen molar-refractivity contribution < 1.29 is 18.7 Å². The second-order valence-electron chi connectivity index (χ2n) is 7.66. The van der Waals surface area contributed by atoms with Gasteiger partial charge in [-0.15, -0.1) is 0 Å². The largest absolute Gasteiger partial charge is 0.467 e. The van der Waals surface area contributed by atoms with Crippen molar-refractivity contribution in [2.45, 2.75) is 31.5 Å². The van der Waals surface area contributed by atoms with E-state index in [-0.39, 0.29) is 24.8 Å². The average Bonchev–Trinajstić information content (AvgIpc) is 3.07. The number of nitrogens with one attached hydrogen (secondary N) is 1. The maximum Gasteiger partial charge on any atom is 0.419 e. The van der Waals surface area contributed by atoms with E-state index in [1.54, 1.807) is 41.3 Å². The van der Waals surface area contributed by atoms with Crippen LogP contribution in [-0.4, -0.2) is 40.1 Å². The second kappa shape index (κ2) is 7.05. The second-order valence-corrected chi connectivity index (χ2v) is 7.66. The number of hydrogen-bond donors (Lipinski definition) is 1. The highest BCUT2D eigenvalue weighted by molar-refractivity contribution is 5.98. The predicted octanol–water partition coefficient (Wildman–Crippen LogP) is 2.13. The molecule has 8 heteroatoms. The summed E-state index contributed by atoms with van der Waals surface area (Å²) in [7, 11) is 0. The summed E-state index contributed by atoms with van der Waals surface area (Å²) in [6.45, 7) is 1.21. The van der Waals surface area contributed by atoms with Gasteiger partial charge in [0.1, 0.15) is 5.75 Å². The van der Waals surface area contributed by atoms with Crippen molar-refractivity contribution in [3.63, 3.8) is 0 Å². The Balaban J connectivity index is 1.23. The van der Waals surface area contributed by atoms with Gasteiger partial charge in [0.05, 0.1) is 11.1 Å².